The molecular formula is C9H4F2O2. The molecule has 2 aromatic rings. The molecule has 0 aliphatic carbocycles. The maximum absolute atomic E-state index is 13.2. The van der Waals surface area contributed by atoms with Gasteiger partial charge in [0.1, 0.15) is 17.2 Å². The number of benzene rings is 1. The second-order valence-electron chi connectivity index (χ2n) is 2.54. The lowest BCUT2D eigenvalue weighted by Gasteiger charge is -1.97. The summed E-state index contributed by atoms with van der Waals surface area (Å²) in [5.74, 6) is -1.78. The highest BCUT2D eigenvalue weighted by Crippen LogP contribution is 2.23. The molecule has 66 valence electrons. The summed E-state index contributed by atoms with van der Waals surface area (Å²) in [5, 5.41) is 0.114. The van der Waals surface area contributed by atoms with Gasteiger partial charge < -0.3 is 4.42 Å². The predicted molar refractivity (Wildman–Crippen MR) is 41.5 cm³/mol. The van der Waals surface area contributed by atoms with Crippen LogP contribution in [0.25, 0.3) is 11.0 Å². The maximum Gasteiger partial charge on any atom is 0.155 e. The van der Waals surface area contributed by atoms with Crippen molar-refractivity contribution in [3.8, 4) is 0 Å². The van der Waals surface area contributed by atoms with E-state index in [1.165, 1.54) is 12.3 Å². The fourth-order valence-electron chi connectivity index (χ4n) is 1.16. The van der Waals surface area contributed by atoms with Gasteiger partial charge in [0.25, 0.3) is 0 Å². The topological polar surface area (TPSA) is 30.2 Å². The predicted octanol–water partition coefficient (Wildman–Crippen LogP) is 2.52. The van der Waals surface area contributed by atoms with E-state index in [-0.39, 0.29) is 17.3 Å². The summed E-state index contributed by atoms with van der Waals surface area (Å²) in [6.45, 7) is 0. The molecule has 2 nitrogen and oxygen atoms in total. The Morgan fingerprint density at radius 1 is 1.38 bits per heavy atom. The van der Waals surface area contributed by atoms with E-state index < -0.39 is 17.2 Å². The molecule has 1 aromatic carbocycles. The summed E-state index contributed by atoms with van der Waals surface area (Å²) >= 11 is 0. The van der Waals surface area contributed by atoms with Crippen LogP contribution in [0.15, 0.2) is 22.8 Å². The number of furan rings is 1. The number of halogens is 2. The second-order valence-corrected chi connectivity index (χ2v) is 2.54. The van der Waals surface area contributed by atoms with Gasteiger partial charge in [-0.2, -0.15) is 0 Å². The quantitative estimate of drug-likeness (QED) is 0.634. The van der Waals surface area contributed by atoms with Gasteiger partial charge >= 0.3 is 0 Å². The van der Waals surface area contributed by atoms with E-state index in [0.29, 0.717) is 0 Å². The zero-order valence-corrected chi connectivity index (χ0v) is 6.38. The number of carbonyl (C=O) groups excluding carboxylic acids is 1. The van der Waals surface area contributed by atoms with Crippen molar-refractivity contribution in [3.63, 3.8) is 0 Å². The molecule has 0 spiro atoms. The normalized spacial score (nSPS) is 10.6. The van der Waals surface area contributed by atoms with Crippen LogP contribution < -0.4 is 0 Å². The first-order valence-electron chi connectivity index (χ1n) is 3.54. The first kappa shape index (κ1) is 7.91. The first-order chi connectivity index (χ1) is 6.24. The lowest BCUT2D eigenvalue weighted by molar-refractivity contribution is 0.111. The molecule has 0 unspecified atom stereocenters. The van der Waals surface area contributed by atoms with Crippen molar-refractivity contribution in [2.24, 2.45) is 0 Å². The summed E-state index contributed by atoms with van der Waals surface area (Å²) < 4.78 is 30.9. The van der Waals surface area contributed by atoms with Gasteiger partial charge in [-0.25, -0.2) is 8.78 Å². The minimum atomic E-state index is -0.907. The van der Waals surface area contributed by atoms with Crippen LogP contribution in [0.5, 0.6) is 0 Å². The van der Waals surface area contributed by atoms with Crippen LogP contribution in [-0.4, -0.2) is 6.29 Å². The third-order valence-electron chi connectivity index (χ3n) is 1.80. The average molecular weight is 182 g/mol. The summed E-state index contributed by atoms with van der Waals surface area (Å²) in [6, 6.07) is 2.33. The third-order valence-corrected chi connectivity index (χ3v) is 1.80. The smallest absolute Gasteiger partial charge is 0.155 e. The van der Waals surface area contributed by atoms with Gasteiger partial charge in [0.2, 0.25) is 0 Å². The molecule has 4 heteroatoms. The molecule has 1 aromatic heterocycles. The summed E-state index contributed by atoms with van der Waals surface area (Å²) in [4.78, 5) is 10.3. The number of fused-ring (bicyclic) bond motifs is 1. The summed E-state index contributed by atoms with van der Waals surface area (Å²) in [5.41, 5.74) is -0.463. The molecule has 13 heavy (non-hydrogen) atoms. The highest BCUT2D eigenvalue weighted by molar-refractivity contribution is 5.87. The fourth-order valence-corrected chi connectivity index (χ4v) is 1.16. The monoisotopic (exact) mass is 182 g/mol. The molecule has 1 heterocycles. The number of hydrogen-bond donors (Lipinski definition) is 0. The van der Waals surface area contributed by atoms with Gasteiger partial charge in [-0.3, -0.25) is 4.79 Å². The number of carbonyl (C=O) groups is 1. The molecule has 0 bridgehead atoms. The largest absolute Gasteiger partial charge is 0.464 e. The van der Waals surface area contributed by atoms with Crippen molar-refractivity contribution in [1.29, 1.82) is 0 Å². The Labute approximate surface area is 71.8 Å². The molecule has 0 aliphatic heterocycles. The maximum atomic E-state index is 13.2. The summed E-state index contributed by atoms with van der Waals surface area (Å²) in [6.07, 6.45) is 1.39. The Morgan fingerprint density at radius 3 is 2.85 bits per heavy atom. The van der Waals surface area contributed by atoms with Crippen molar-refractivity contribution < 1.29 is 18.0 Å². The van der Waals surface area contributed by atoms with E-state index in [9.17, 15) is 13.6 Å². The highest BCUT2D eigenvalue weighted by atomic mass is 19.1. The summed E-state index contributed by atoms with van der Waals surface area (Å²) in [7, 11) is 0. The van der Waals surface area contributed by atoms with E-state index in [4.69, 9.17) is 4.42 Å². The average Bonchev–Trinajstić information content (AvgIpc) is 2.53. The van der Waals surface area contributed by atoms with Gasteiger partial charge in [0.05, 0.1) is 17.2 Å². The molecule has 0 fully saturated rings. The Bertz CT molecular complexity index is 474. The van der Waals surface area contributed by atoms with E-state index in [2.05, 4.69) is 0 Å². The van der Waals surface area contributed by atoms with Crippen LogP contribution >= 0.6 is 0 Å². The van der Waals surface area contributed by atoms with Gasteiger partial charge in [-0.1, -0.05) is 0 Å². The second kappa shape index (κ2) is 2.65. The number of rotatable bonds is 1. The van der Waals surface area contributed by atoms with Crippen LogP contribution in [0.4, 0.5) is 8.78 Å². The molecule has 0 radical (unpaired) electrons. The number of aldehydes is 1. The van der Waals surface area contributed by atoms with Gasteiger partial charge in [-0.15, -0.1) is 0 Å². The first-order valence-corrected chi connectivity index (χ1v) is 3.54. The Balaban J connectivity index is 2.92. The lowest BCUT2D eigenvalue weighted by atomic mass is 10.1. The molecule has 0 N–H and O–H groups in total. The lowest BCUT2D eigenvalue weighted by Crippen LogP contribution is -1.93. The molecular weight excluding hydrogens is 178 g/mol. The minimum absolute atomic E-state index is 0.0978. The van der Waals surface area contributed by atoms with E-state index >= 15 is 0 Å². The van der Waals surface area contributed by atoms with E-state index in [1.54, 1.807) is 0 Å². The standard InChI is InChI=1S/C9H4F2O2/c10-7-3-8-5(1-2-13-8)9(11)6(7)4-12/h1-4H. The third kappa shape index (κ3) is 1.02. The van der Waals surface area contributed by atoms with Gasteiger partial charge in [0, 0.05) is 6.07 Å². The number of hydrogen-bond acceptors (Lipinski definition) is 2. The Hall–Kier alpha value is -1.71. The van der Waals surface area contributed by atoms with Gasteiger partial charge in [-0.05, 0) is 6.07 Å². The van der Waals surface area contributed by atoms with Crippen LogP contribution in [0.2, 0.25) is 0 Å². The van der Waals surface area contributed by atoms with Crippen molar-refractivity contribution in [1.82, 2.24) is 0 Å². The van der Waals surface area contributed by atoms with E-state index in [1.807, 2.05) is 0 Å². The SMILES string of the molecule is O=Cc1c(F)cc2occc2c1F. The molecule has 0 atom stereocenters. The Morgan fingerprint density at radius 2 is 2.15 bits per heavy atom. The van der Waals surface area contributed by atoms with Crippen molar-refractivity contribution in [2.75, 3.05) is 0 Å². The molecule has 0 saturated carbocycles. The van der Waals surface area contributed by atoms with Gasteiger partial charge in [0.15, 0.2) is 6.29 Å². The molecule has 0 aliphatic rings. The zero-order chi connectivity index (χ0) is 9.42. The van der Waals surface area contributed by atoms with Crippen molar-refractivity contribution in [2.45, 2.75) is 0 Å². The van der Waals surface area contributed by atoms with Crippen LogP contribution in [0, 0.1) is 11.6 Å². The molecule has 2 rings (SSSR count). The highest BCUT2D eigenvalue weighted by Gasteiger charge is 2.14. The molecule has 0 amide bonds. The van der Waals surface area contributed by atoms with E-state index in [0.717, 1.165) is 6.07 Å². The molecule has 0 saturated heterocycles. The van der Waals surface area contributed by atoms with Crippen LogP contribution in [0.1, 0.15) is 10.4 Å². The minimum Gasteiger partial charge on any atom is -0.464 e. The van der Waals surface area contributed by atoms with Crippen LogP contribution in [-0.2, 0) is 0 Å². The Kier molecular flexibility index (Phi) is 1.62. The zero-order valence-electron chi connectivity index (χ0n) is 6.38. The fraction of sp³-hybridized carbons (Fsp3) is 0. The van der Waals surface area contributed by atoms with Crippen molar-refractivity contribution in [3.05, 3.63) is 35.6 Å². The van der Waals surface area contributed by atoms with Crippen LogP contribution in [0.3, 0.4) is 0 Å². The van der Waals surface area contributed by atoms with Crippen molar-refractivity contribution >= 4 is 17.3 Å².